The van der Waals surface area contributed by atoms with E-state index in [1.165, 1.54) is 6.07 Å². The van der Waals surface area contributed by atoms with Gasteiger partial charge in [0.05, 0.1) is 0 Å². The van der Waals surface area contributed by atoms with Crippen LogP contribution in [0.3, 0.4) is 0 Å². The van der Waals surface area contributed by atoms with Gasteiger partial charge in [-0.2, -0.15) is 8.78 Å². The third kappa shape index (κ3) is 4.26. The summed E-state index contributed by atoms with van der Waals surface area (Å²) in [7, 11) is 0. The van der Waals surface area contributed by atoms with Crippen molar-refractivity contribution in [2.45, 2.75) is 26.4 Å². The van der Waals surface area contributed by atoms with E-state index in [0.29, 0.717) is 5.56 Å². The fraction of sp³-hybridized carbons (Fsp3) is 0.182. The molecule has 134 valence electrons. The Morgan fingerprint density at radius 1 is 0.962 bits per heavy atom. The number of alkyl halides is 2. The molecule has 0 aliphatic rings. The zero-order valence-corrected chi connectivity index (χ0v) is 14.4. The summed E-state index contributed by atoms with van der Waals surface area (Å²) >= 11 is 0. The molecular weight excluding hydrogens is 337 g/mol. The van der Waals surface area contributed by atoms with E-state index in [1.807, 2.05) is 25.1 Å². The molecule has 0 saturated carbocycles. The fourth-order valence-electron chi connectivity index (χ4n) is 2.93. The van der Waals surface area contributed by atoms with Gasteiger partial charge >= 0.3 is 6.61 Å². The highest BCUT2D eigenvalue weighted by molar-refractivity contribution is 5.88. The topological polar surface area (TPSA) is 9.23 Å². The zero-order valence-electron chi connectivity index (χ0n) is 14.4. The van der Waals surface area contributed by atoms with Crippen LogP contribution >= 0.6 is 0 Å². The van der Waals surface area contributed by atoms with Gasteiger partial charge in [0.15, 0.2) is 0 Å². The van der Waals surface area contributed by atoms with Crippen molar-refractivity contribution in [2.75, 3.05) is 0 Å². The average Bonchev–Trinajstić information content (AvgIpc) is 2.61. The summed E-state index contributed by atoms with van der Waals surface area (Å²) in [6.07, 6.45) is 5.72. The molecule has 0 atom stereocenters. The summed E-state index contributed by atoms with van der Waals surface area (Å²) in [4.78, 5) is 0. The first kappa shape index (κ1) is 18.1. The minimum atomic E-state index is -2.85. The SMILES string of the molecule is C/C=C/CCc1ccc(-c2ccc3cc(OC(F)F)ccc3c2)c(F)c1. The van der Waals surface area contributed by atoms with Crippen molar-refractivity contribution in [2.24, 2.45) is 0 Å². The Morgan fingerprint density at radius 2 is 1.73 bits per heavy atom. The molecule has 4 heteroatoms. The number of hydrogen-bond donors (Lipinski definition) is 0. The van der Waals surface area contributed by atoms with Crippen LogP contribution in [0.2, 0.25) is 0 Å². The van der Waals surface area contributed by atoms with Crippen LogP contribution < -0.4 is 4.74 Å². The molecule has 0 unspecified atom stereocenters. The van der Waals surface area contributed by atoms with Crippen LogP contribution in [0.5, 0.6) is 5.75 Å². The van der Waals surface area contributed by atoms with Gasteiger partial charge < -0.3 is 4.74 Å². The quantitative estimate of drug-likeness (QED) is 0.444. The summed E-state index contributed by atoms with van der Waals surface area (Å²) < 4.78 is 43.6. The van der Waals surface area contributed by atoms with Gasteiger partial charge in [0.2, 0.25) is 0 Å². The Bertz CT molecular complexity index is 932. The Hall–Kier alpha value is -2.75. The number of allylic oxidation sites excluding steroid dienone is 2. The van der Waals surface area contributed by atoms with Crippen molar-refractivity contribution in [3.05, 3.63) is 78.1 Å². The molecule has 0 saturated heterocycles. The Labute approximate surface area is 150 Å². The molecule has 0 amide bonds. The summed E-state index contributed by atoms with van der Waals surface area (Å²) in [5, 5.41) is 1.59. The third-order valence-corrected chi connectivity index (χ3v) is 4.22. The van der Waals surface area contributed by atoms with Crippen molar-refractivity contribution in [3.8, 4) is 16.9 Å². The van der Waals surface area contributed by atoms with Gasteiger partial charge in [0, 0.05) is 5.56 Å². The largest absolute Gasteiger partial charge is 0.435 e. The molecule has 1 nitrogen and oxygen atoms in total. The molecule has 0 aliphatic carbocycles. The highest BCUT2D eigenvalue weighted by atomic mass is 19.3. The van der Waals surface area contributed by atoms with Crippen LogP contribution in [-0.2, 0) is 6.42 Å². The van der Waals surface area contributed by atoms with E-state index >= 15 is 0 Å². The predicted molar refractivity (Wildman–Crippen MR) is 99.1 cm³/mol. The van der Waals surface area contributed by atoms with Crippen molar-refractivity contribution >= 4 is 10.8 Å². The van der Waals surface area contributed by atoms with Crippen LogP contribution in [0.15, 0.2) is 66.7 Å². The molecule has 0 spiro atoms. The normalized spacial score (nSPS) is 11.6. The molecule has 26 heavy (non-hydrogen) atoms. The van der Waals surface area contributed by atoms with Gasteiger partial charge in [-0.25, -0.2) is 4.39 Å². The standard InChI is InChI=1S/C22H19F3O/c1-2-3-4-5-15-6-11-20(21(23)12-15)18-8-7-17-14-19(26-22(24)25)10-9-16(17)13-18/h2-3,6-14,22H,4-5H2,1H3/b3-2+. The molecule has 0 radical (unpaired) electrons. The van der Waals surface area contributed by atoms with Gasteiger partial charge in [0.25, 0.3) is 0 Å². The summed E-state index contributed by atoms with van der Waals surface area (Å²) in [6, 6.07) is 15.4. The molecule has 0 heterocycles. The second-order valence-electron chi connectivity index (χ2n) is 6.02. The van der Waals surface area contributed by atoms with Gasteiger partial charge in [0.1, 0.15) is 11.6 Å². The van der Waals surface area contributed by atoms with Gasteiger partial charge in [-0.1, -0.05) is 42.5 Å². The van der Waals surface area contributed by atoms with Crippen LogP contribution in [0.25, 0.3) is 21.9 Å². The van der Waals surface area contributed by atoms with Gasteiger partial charge in [-0.3, -0.25) is 0 Å². The maximum absolute atomic E-state index is 14.5. The molecule has 0 bridgehead atoms. The number of benzene rings is 3. The summed E-state index contributed by atoms with van der Waals surface area (Å²) in [6.45, 7) is -0.890. The second-order valence-corrected chi connectivity index (χ2v) is 6.02. The smallest absolute Gasteiger partial charge is 0.387 e. The summed E-state index contributed by atoms with van der Waals surface area (Å²) in [5.41, 5.74) is 2.23. The monoisotopic (exact) mass is 356 g/mol. The van der Waals surface area contributed by atoms with Crippen LogP contribution in [0.4, 0.5) is 13.2 Å². The van der Waals surface area contributed by atoms with E-state index in [9.17, 15) is 13.2 Å². The molecule has 3 aromatic rings. The predicted octanol–water partition coefficient (Wildman–Crippen LogP) is 6.76. The average molecular weight is 356 g/mol. The number of ether oxygens (including phenoxy) is 1. The van der Waals surface area contributed by atoms with Crippen molar-refractivity contribution in [3.63, 3.8) is 0 Å². The van der Waals surface area contributed by atoms with E-state index < -0.39 is 6.61 Å². The van der Waals surface area contributed by atoms with Gasteiger partial charge in [-0.15, -0.1) is 0 Å². The van der Waals surface area contributed by atoms with Crippen LogP contribution in [0.1, 0.15) is 18.9 Å². The maximum Gasteiger partial charge on any atom is 0.387 e. The van der Waals surface area contributed by atoms with Crippen molar-refractivity contribution < 1.29 is 17.9 Å². The minimum Gasteiger partial charge on any atom is -0.435 e. The molecule has 0 aliphatic heterocycles. The lowest BCUT2D eigenvalue weighted by Crippen LogP contribution is -2.01. The lowest BCUT2D eigenvalue weighted by Gasteiger charge is -2.09. The number of rotatable bonds is 6. The van der Waals surface area contributed by atoms with Crippen molar-refractivity contribution in [1.82, 2.24) is 0 Å². The molecule has 0 fully saturated rings. The van der Waals surface area contributed by atoms with Crippen LogP contribution in [-0.4, -0.2) is 6.61 Å². The highest BCUT2D eigenvalue weighted by Crippen LogP contribution is 2.29. The van der Waals surface area contributed by atoms with Gasteiger partial charge in [-0.05, 0) is 65.9 Å². The lowest BCUT2D eigenvalue weighted by molar-refractivity contribution is -0.0497. The first-order chi connectivity index (χ1) is 12.6. The maximum atomic E-state index is 14.5. The first-order valence-corrected chi connectivity index (χ1v) is 8.45. The van der Waals surface area contributed by atoms with E-state index in [4.69, 9.17) is 0 Å². The number of hydrogen-bond acceptors (Lipinski definition) is 1. The first-order valence-electron chi connectivity index (χ1n) is 8.45. The molecule has 0 aromatic heterocycles. The molecule has 3 aromatic carbocycles. The van der Waals surface area contributed by atoms with E-state index in [1.54, 1.807) is 36.4 Å². The van der Waals surface area contributed by atoms with Crippen LogP contribution in [0, 0.1) is 5.82 Å². The van der Waals surface area contributed by atoms with E-state index in [0.717, 1.165) is 34.7 Å². The number of halogens is 3. The lowest BCUT2D eigenvalue weighted by atomic mass is 9.98. The zero-order chi connectivity index (χ0) is 18.5. The summed E-state index contributed by atoms with van der Waals surface area (Å²) in [5.74, 6) is -0.156. The molecule has 3 rings (SSSR count). The Balaban J connectivity index is 1.88. The Kier molecular flexibility index (Phi) is 5.61. The van der Waals surface area contributed by atoms with Crippen molar-refractivity contribution in [1.29, 1.82) is 0 Å². The third-order valence-electron chi connectivity index (χ3n) is 4.22. The Morgan fingerprint density at radius 3 is 2.46 bits per heavy atom. The second kappa shape index (κ2) is 8.09. The van der Waals surface area contributed by atoms with E-state index in [-0.39, 0.29) is 11.6 Å². The minimum absolute atomic E-state index is 0.108. The van der Waals surface area contributed by atoms with E-state index in [2.05, 4.69) is 10.8 Å². The number of aryl methyl sites for hydroxylation is 1. The number of fused-ring (bicyclic) bond motifs is 1. The fourth-order valence-corrected chi connectivity index (χ4v) is 2.93. The molecule has 0 N–H and O–H groups in total. The molecular formula is C22H19F3O. The highest BCUT2D eigenvalue weighted by Gasteiger charge is 2.09.